The summed E-state index contributed by atoms with van der Waals surface area (Å²) in [5.74, 6) is 0.380. The molecule has 0 bridgehead atoms. The third-order valence-electron chi connectivity index (χ3n) is 3.91. The molecule has 1 aliphatic heterocycles. The fourth-order valence-corrected chi connectivity index (χ4v) is 2.51. The van der Waals surface area contributed by atoms with E-state index in [9.17, 15) is 9.59 Å². The van der Waals surface area contributed by atoms with Crippen molar-refractivity contribution in [1.82, 2.24) is 9.80 Å². The summed E-state index contributed by atoms with van der Waals surface area (Å²) >= 11 is 0. The number of benzene rings is 1. The van der Waals surface area contributed by atoms with Crippen LogP contribution in [0.25, 0.3) is 0 Å². The number of piperazine rings is 1. The van der Waals surface area contributed by atoms with Gasteiger partial charge in [-0.05, 0) is 19.2 Å². The van der Waals surface area contributed by atoms with Gasteiger partial charge in [0, 0.05) is 33.1 Å². The molecular weight excluding hydrogens is 282 g/mol. The largest absolute Gasteiger partial charge is 0.495 e. The Labute approximate surface area is 131 Å². The van der Waals surface area contributed by atoms with E-state index in [1.54, 1.807) is 19.2 Å². The van der Waals surface area contributed by atoms with Crippen LogP contribution in [-0.2, 0) is 9.59 Å². The highest BCUT2D eigenvalue weighted by atomic mass is 16.5. The quantitative estimate of drug-likeness (QED) is 0.826. The zero-order chi connectivity index (χ0) is 16.1. The van der Waals surface area contributed by atoms with Crippen LogP contribution in [0, 0.1) is 0 Å². The summed E-state index contributed by atoms with van der Waals surface area (Å²) in [5.41, 5.74) is 0.625. The summed E-state index contributed by atoms with van der Waals surface area (Å²) in [6.07, 6.45) is 0. The molecule has 6 heteroatoms. The number of para-hydroxylation sites is 2. The van der Waals surface area contributed by atoms with Gasteiger partial charge in [0.15, 0.2) is 0 Å². The van der Waals surface area contributed by atoms with Gasteiger partial charge in [-0.2, -0.15) is 0 Å². The van der Waals surface area contributed by atoms with Gasteiger partial charge in [-0.1, -0.05) is 12.1 Å². The number of carbonyl (C=O) groups is 2. The highest BCUT2D eigenvalue weighted by Crippen LogP contribution is 2.27. The van der Waals surface area contributed by atoms with Gasteiger partial charge in [0.1, 0.15) is 12.3 Å². The van der Waals surface area contributed by atoms with Crippen LogP contribution in [0.15, 0.2) is 24.3 Å². The van der Waals surface area contributed by atoms with Crippen molar-refractivity contribution >= 4 is 17.5 Å². The molecule has 6 nitrogen and oxygen atoms in total. The second-order valence-electron chi connectivity index (χ2n) is 5.46. The average molecular weight is 305 g/mol. The topological polar surface area (TPSA) is 53.1 Å². The third kappa shape index (κ3) is 3.76. The highest BCUT2D eigenvalue weighted by Gasteiger charge is 2.24. The summed E-state index contributed by atoms with van der Waals surface area (Å²) in [5, 5.41) is 0. The molecule has 0 aliphatic carbocycles. The smallest absolute Gasteiger partial charge is 0.242 e. The van der Waals surface area contributed by atoms with Gasteiger partial charge in [-0.3, -0.25) is 14.5 Å². The van der Waals surface area contributed by atoms with Crippen LogP contribution < -0.4 is 9.64 Å². The normalized spacial score (nSPS) is 15.5. The van der Waals surface area contributed by atoms with Gasteiger partial charge in [0.25, 0.3) is 0 Å². The van der Waals surface area contributed by atoms with Crippen molar-refractivity contribution in [1.29, 1.82) is 0 Å². The van der Waals surface area contributed by atoms with Gasteiger partial charge in [-0.15, -0.1) is 0 Å². The number of rotatable bonds is 4. The van der Waals surface area contributed by atoms with E-state index in [1.165, 1.54) is 11.8 Å². The molecule has 1 aromatic rings. The molecule has 1 heterocycles. The summed E-state index contributed by atoms with van der Waals surface area (Å²) in [4.78, 5) is 29.9. The second-order valence-corrected chi connectivity index (χ2v) is 5.46. The molecule has 22 heavy (non-hydrogen) atoms. The van der Waals surface area contributed by atoms with Crippen LogP contribution in [0.1, 0.15) is 6.92 Å². The van der Waals surface area contributed by atoms with Crippen molar-refractivity contribution in [2.45, 2.75) is 6.92 Å². The standard InChI is InChI=1S/C16H23N3O3/c1-13(20)19(14-6-4-5-7-15(14)22-3)12-16(21)18-10-8-17(2)9-11-18/h4-7H,8-12H2,1-3H3. The number of hydrogen-bond acceptors (Lipinski definition) is 4. The molecule has 0 saturated carbocycles. The van der Waals surface area contributed by atoms with E-state index in [0.717, 1.165) is 13.1 Å². The number of nitrogens with zero attached hydrogens (tertiary/aromatic N) is 3. The molecule has 120 valence electrons. The Bertz CT molecular complexity index is 539. The lowest BCUT2D eigenvalue weighted by atomic mass is 10.2. The van der Waals surface area contributed by atoms with Crippen molar-refractivity contribution < 1.29 is 14.3 Å². The molecular formula is C16H23N3O3. The molecule has 0 N–H and O–H groups in total. The maximum atomic E-state index is 12.5. The van der Waals surface area contributed by atoms with E-state index in [2.05, 4.69) is 4.90 Å². The average Bonchev–Trinajstić information content (AvgIpc) is 2.52. The first kappa shape index (κ1) is 16.3. The Kier molecular flexibility index (Phi) is 5.38. The third-order valence-corrected chi connectivity index (χ3v) is 3.91. The predicted molar refractivity (Wildman–Crippen MR) is 85.1 cm³/mol. The molecule has 1 fully saturated rings. The van der Waals surface area contributed by atoms with E-state index in [4.69, 9.17) is 4.74 Å². The number of anilines is 1. The van der Waals surface area contributed by atoms with Crippen LogP contribution in [0.2, 0.25) is 0 Å². The molecule has 0 atom stereocenters. The molecule has 0 radical (unpaired) electrons. The maximum Gasteiger partial charge on any atom is 0.242 e. The SMILES string of the molecule is COc1ccccc1N(CC(=O)N1CCN(C)CC1)C(C)=O. The number of carbonyl (C=O) groups excluding carboxylic acids is 2. The number of hydrogen-bond donors (Lipinski definition) is 0. The first-order valence-electron chi connectivity index (χ1n) is 7.40. The minimum atomic E-state index is -0.174. The van der Waals surface area contributed by atoms with E-state index in [1.807, 2.05) is 24.1 Å². The predicted octanol–water partition coefficient (Wildman–Crippen LogP) is 0.822. The molecule has 2 rings (SSSR count). The van der Waals surface area contributed by atoms with E-state index in [0.29, 0.717) is 24.5 Å². The summed E-state index contributed by atoms with van der Waals surface area (Å²) in [6.45, 7) is 4.63. The van der Waals surface area contributed by atoms with E-state index < -0.39 is 0 Å². The summed E-state index contributed by atoms with van der Waals surface area (Å²) in [6, 6.07) is 7.24. The fraction of sp³-hybridized carbons (Fsp3) is 0.500. The Morgan fingerprint density at radius 2 is 1.82 bits per heavy atom. The lowest BCUT2D eigenvalue weighted by molar-refractivity contribution is -0.132. The van der Waals surface area contributed by atoms with Crippen LogP contribution >= 0.6 is 0 Å². The van der Waals surface area contributed by atoms with Gasteiger partial charge >= 0.3 is 0 Å². The van der Waals surface area contributed by atoms with Crippen LogP contribution in [-0.4, -0.2) is 68.5 Å². The fourth-order valence-electron chi connectivity index (χ4n) is 2.51. The van der Waals surface area contributed by atoms with Gasteiger partial charge in [-0.25, -0.2) is 0 Å². The molecule has 1 saturated heterocycles. The van der Waals surface area contributed by atoms with Crippen LogP contribution in [0.4, 0.5) is 5.69 Å². The van der Waals surface area contributed by atoms with E-state index in [-0.39, 0.29) is 18.4 Å². The lowest BCUT2D eigenvalue weighted by Gasteiger charge is -2.34. The number of ether oxygens (including phenoxy) is 1. The molecule has 1 aromatic carbocycles. The summed E-state index contributed by atoms with van der Waals surface area (Å²) < 4.78 is 5.29. The monoisotopic (exact) mass is 305 g/mol. The van der Waals surface area contributed by atoms with Gasteiger partial charge in [0.05, 0.1) is 12.8 Å². The zero-order valence-corrected chi connectivity index (χ0v) is 13.4. The minimum Gasteiger partial charge on any atom is -0.495 e. The highest BCUT2D eigenvalue weighted by molar-refractivity contribution is 5.98. The lowest BCUT2D eigenvalue weighted by Crippen LogP contribution is -2.50. The Hall–Kier alpha value is -2.08. The maximum absolute atomic E-state index is 12.5. The number of amides is 2. The first-order chi connectivity index (χ1) is 10.5. The Morgan fingerprint density at radius 3 is 2.41 bits per heavy atom. The first-order valence-corrected chi connectivity index (χ1v) is 7.40. The molecule has 0 spiro atoms. The van der Waals surface area contributed by atoms with Crippen molar-refractivity contribution in [2.24, 2.45) is 0 Å². The molecule has 0 unspecified atom stereocenters. The van der Waals surface area contributed by atoms with Crippen molar-refractivity contribution in [3.63, 3.8) is 0 Å². The van der Waals surface area contributed by atoms with Crippen LogP contribution in [0.3, 0.4) is 0 Å². The van der Waals surface area contributed by atoms with E-state index >= 15 is 0 Å². The van der Waals surface area contributed by atoms with Gasteiger partial charge in [0.2, 0.25) is 11.8 Å². The molecule has 1 aliphatic rings. The number of methoxy groups -OCH3 is 1. The molecule has 0 aromatic heterocycles. The number of likely N-dealkylation sites (N-methyl/N-ethyl adjacent to an activating group) is 1. The van der Waals surface area contributed by atoms with Crippen molar-refractivity contribution in [3.05, 3.63) is 24.3 Å². The Morgan fingerprint density at radius 1 is 1.18 bits per heavy atom. The van der Waals surface area contributed by atoms with Crippen LogP contribution in [0.5, 0.6) is 5.75 Å². The summed E-state index contributed by atoms with van der Waals surface area (Å²) in [7, 11) is 3.60. The molecule has 2 amide bonds. The second kappa shape index (κ2) is 7.26. The Balaban J connectivity index is 2.12. The van der Waals surface area contributed by atoms with Crippen molar-refractivity contribution in [2.75, 3.05) is 51.8 Å². The van der Waals surface area contributed by atoms with Gasteiger partial charge < -0.3 is 14.5 Å². The minimum absolute atomic E-state index is 0.0331. The zero-order valence-electron chi connectivity index (χ0n) is 13.4. The van der Waals surface area contributed by atoms with Crippen molar-refractivity contribution in [3.8, 4) is 5.75 Å².